The Morgan fingerprint density at radius 2 is 2.00 bits per heavy atom. The van der Waals surface area contributed by atoms with E-state index in [1.165, 1.54) is 31.5 Å². The average Bonchev–Trinajstić information content (AvgIpc) is 2.49. The van der Waals surface area contributed by atoms with Crippen molar-refractivity contribution in [3.63, 3.8) is 0 Å². The third-order valence-corrected chi connectivity index (χ3v) is 3.28. The van der Waals surface area contributed by atoms with Crippen molar-refractivity contribution in [2.45, 2.75) is 0 Å². The molecular formula is C15H13BrN2O4. The van der Waals surface area contributed by atoms with Crippen molar-refractivity contribution in [1.82, 2.24) is 5.43 Å². The Balaban J connectivity index is 2.07. The maximum atomic E-state index is 11.9. The molecule has 0 aliphatic heterocycles. The minimum absolute atomic E-state index is 0.0255. The Morgan fingerprint density at radius 1 is 1.23 bits per heavy atom. The predicted octanol–water partition coefficient (Wildman–Crippen LogP) is 2.63. The molecule has 2 aromatic carbocycles. The van der Waals surface area contributed by atoms with E-state index < -0.39 is 5.91 Å². The van der Waals surface area contributed by atoms with Crippen LogP contribution in [0.25, 0.3) is 0 Å². The number of amides is 1. The normalized spacial score (nSPS) is 10.6. The lowest BCUT2D eigenvalue weighted by molar-refractivity contribution is 0.0952. The highest BCUT2D eigenvalue weighted by molar-refractivity contribution is 9.10. The van der Waals surface area contributed by atoms with Crippen LogP contribution in [0, 0.1) is 0 Å². The van der Waals surface area contributed by atoms with Gasteiger partial charge in [0.15, 0.2) is 11.5 Å². The first-order chi connectivity index (χ1) is 10.5. The van der Waals surface area contributed by atoms with Crippen molar-refractivity contribution in [2.75, 3.05) is 7.11 Å². The van der Waals surface area contributed by atoms with E-state index in [0.717, 1.165) is 0 Å². The van der Waals surface area contributed by atoms with Crippen LogP contribution in [0.5, 0.6) is 17.2 Å². The molecule has 6 nitrogen and oxygen atoms in total. The first kappa shape index (κ1) is 15.8. The number of nitrogens with zero attached hydrogens (tertiary/aromatic N) is 1. The number of phenolic OH excluding ortho intramolecular Hbond substituents is 2. The first-order valence-electron chi connectivity index (χ1n) is 6.20. The summed E-state index contributed by atoms with van der Waals surface area (Å²) in [6.07, 6.45) is 1.37. The van der Waals surface area contributed by atoms with E-state index in [2.05, 4.69) is 26.5 Å². The highest BCUT2D eigenvalue weighted by Gasteiger charge is 2.10. The van der Waals surface area contributed by atoms with Gasteiger partial charge in [-0.05, 0) is 42.0 Å². The van der Waals surface area contributed by atoms with Crippen LogP contribution in [0.15, 0.2) is 46.0 Å². The summed E-state index contributed by atoms with van der Waals surface area (Å²) in [6.45, 7) is 0. The molecule has 0 spiro atoms. The number of hydrogen-bond donors (Lipinski definition) is 3. The number of phenols is 2. The van der Waals surface area contributed by atoms with E-state index >= 15 is 0 Å². The van der Waals surface area contributed by atoms with Gasteiger partial charge >= 0.3 is 0 Å². The monoisotopic (exact) mass is 364 g/mol. The number of halogens is 1. The summed E-state index contributed by atoms with van der Waals surface area (Å²) in [7, 11) is 1.45. The van der Waals surface area contributed by atoms with Crippen LogP contribution in [0.1, 0.15) is 15.9 Å². The van der Waals surface area contributed by atoms with Crippen LogP contribution in [0.2, 0.25) is 0 Å². The number of carbonyl (C=O) groups is 1. The summed E-state index contributed by atoms with van der Waals surface area (Å²) in [5.41, 5.74) is 2.98. The summed E-state index contributed by atoms with van der Waals surface area (Å²) in [5, 5.41) is 23.1. The fourth-order valence-electron chi connectivity index (χ4n) is 1.70. The molecule has 0 aromatic heterocycles. The van der Waals surface area contributed by atoms with Gasteiger partial charge in [0.1, 0.15) is 5.75 Å². The zero-order valence-corrected chi connectivity index (χ0v) is 13.2. The summed E-state index contributed by atoms with van der Waals surface area (Å²) in [6, 6.07) is 9.22. The molecule has 0 unspecified atom stereocenters. The van der Waals surface area contributed by atoms with E-state index in [1.54, 1.807) is 18.2 Å². The molecule has 0 bridgehead atoms. The number of aromatic hydroxyl groups is 2. The lowest BCUT2D eigenvalue weighted by Gasteiger charge is -2.04. The van der Waals surface area contributed by atoms with Crippen LogP contribution < -0.4 is 10.2 Å². The number of hydrogen-bond acceptors (Lipinski definition) is 5. The predicted molar refractivity (Wildman–Crippen MR) is 85.5 cm³/mol. The SMILES string of the molecule is COc1ccc(/C=N\NC(=O)c2cc(Br)ccc2O)cc1O. The van der Waals surface area contributed by atoms with Crippen molar-refractivity contribution in [3.05, 3.63) is 52.0 Å². The third kappa shape index (κ3) is 3.76. The first-order valence-corrected chi connectivity index (χ1v) is 6.99. The molecule has 0 saturated carbocycles. The lowest BCUT2D eigenvalue weighted by Crippen LogP contribution is -2.17. The van der Waals surface area contributed by atoms with E-state index in [4.69, 9.17) is 4.74 Å². The minimum Gasteiger partial charge on any atom is -0.507 e. The van der Waals surface area contributed by atoms with E-state index in [1.807, 2.05) is 0 Å². The lowest BCUT2D eigenvalue weighted by atomic mass is 10.2. The van der Waals surface area contributed by atoms with Gasteiger partial charge in [0.05, 0.1) is 18.9 Å². The molecule has 0 fully saturated rings. The summed E-state index contributed by atoms with van der Waals surface area (Å²) in [5.74, 6) is -0.367. The van der Waals surface area contributed by atoms with Gasteiger partial charge in [0, 0.05) is 4.47 Å². The summed E-state index contributed by atoms with van der Waals surface area (Å²) >= 11 is 3.22. The second-order valence-electron chi connectivity index (χ2n) is 4.29. The average molecular weight is 365 g/mol. The van der Waals surface area contributed by atoms with Crippen LogP contribution in [-0.4, -0.2) is 29.4 Å². The molecule has 0 saturated heterocycles. The Bertz CT molecular complexity index is 731. The molecule has 2 aromatic rings. The number of rotatable bonds is 4. The Labute approximate surface area is 135 Å². The number of ether oxygens (including phenoxy) is 1. The van der Waals surface area contributed by atoms with E-state index in [9.17, 15) is 15.0 Å². The molecule has 0 aliphatic carbocycles. The van der Waals surface area contributed by atoms with Crippen molar-refractivity contribution in [1.29, 1.82) is 0 Å². The number of methoxy groups -OCH3 is 1. The molecule has 22 heavy (non-hydrogen) atoms. The molecule has 3 N–H and O–H groups in total. The molecule has 1 amide bonds. The Morgan fingerprint density at radius 3 is 2.68 bits per heavy atom. The van der Waals surface area contributed by atoms with Gasteiger partial charge in [-0.1, -0.05) is 15.9 Å². The molecule has 7 heteroatoms. The summed E-state index contributed by atoms with van der Waals surface area (Å²) < 4.78 is 5.59. The fourth-order valence-corrected chi connectivity index (χ4v) is 2.06. The fraction of sp³-hybridized carbons (Fsp3) is 0.0667. The van der Waals surface area contributed by atoms with Gasteiger partial charge in [-0.2, -0.15) is 5.10 Å². The molecule has 0 atom stereocenters. The third-order valence-electron chi connectivity index (χ3n) is 2.79. The number of benzene rings is 2. The topological polar surface area (TPSA) is 91.2 Å². The van der Waals surface area contributed by atoms with Gasteiger partial charge in [0.25, 0.3) is 5.91 Å². The highest BCUT2D eigenvalue weighted by Crippen LogP contribution is 2.25. The maximum absolute atomic E-state index is 11.9. The van der Waals surface area contributed by atoms with Crippen LogP contribution in [-0.2, 0) is 0 Å². The van der Waals surface area contributed by atoms with Crippen molar-refractivity contribution >= 4 is 28.1 Å². The zero-order valence-electron chi connectivity index (χ0n) is 11.6. The molecule has 0 aliphatic rings. The minimum atomic E-state index is -0.548. The Hall–Kier alpha value is -2.54. The number of hydrazone groups is 1. The van der Waals surface area contributed by atoms with Gasteiger partial charge in [-0.25, -0.2) is 5.43 Å². The highest BCUT2D eigenvalue weighted by atomic mass is 79.9. The van der Waals surface area contributed by atoms with E-state index in [-0.39, 0.29) is 17.1 Å². The van der Waals surface area contributed by atoms with Gasteiger partial charge in [-0.15, -0.1) is 0 Å². The molecule has 0 radical (unpaired) electrons. The standard InChI is InChI=1S/C15H13BrN2O4/c1-22-14-5-2-9(6-13(14)20)8-17-18-15(21)11-7-10(16)3-4-12(11)19/h2-8,19-20H,1H3,(H,18,21)/b17-8-. The van der Waals surface area contributed by atoms with Gasteiger partial charge in [0.2, 0.25) is 0 Å². The van der Waals surface area contributed by atoms with Gasteiger partial charge in [-0.3, -0.25) is 4.79 Å². The zero-order chi connectivity index (χ0) is 16.1. The Kier molecular flexibility index (Phi) is 5.00. The largest absolute Gasteiger partial charge is 0.507 e. The van der Waals surface area contributed by atoms with Crippen molar-refractivity contribution in [3.8, 4) is 17.2 Å². The van der Waals surface area contributed by atoms with E-state index in [0.29, 0.717) is 15.8 Å². The van der Waals surface area contributed by atoms with Gasteiger partial charge < -0.3 is 14.9 Å². The van der Waals surface area contributed by atoms with Crippen LogP contribution >= 0.6 is 15.9 Å². The number of nitrogens with one attached hydrogen (secondary N) is 1. The molecule has 2 rings (SSSR count). The van der Waals surface area contributed by atoms with Crippen LogP contribution in [0.4, 0.5) is 0 Å². The number of carbonyl (C=O) groups excluding carboxylic acids is 1. The second-order valence-corrected chi connectivity index (χ2v) is 5.21. The quantitative estimate of drug-likeness (QED) is 0.574. The smallest absolute Gasteiger partial charge is 0.275 e. The molecule has 114 valence electrons. The molecular weight excluding hydrogens is 352 g/mol. The molecule has 0 heterocycles. The van der Waals surface area contributed by atoms with Crippen molar-refractivity contribution in [2.24, 2.45) is 5.10 Å². The summed E-state index contributed by atoms with van der Waals surface area (Å²) in [4.78, 5) is 11.9. The second kappa shape index (κ2) is 6.95. The van der Waals surface area contributed by atoms with Crippen LogP contribution in [0.3, 0.4) is 0 Å². The maximum Gasteiger partial charge on any atom is 0.275 e. The van der Waals surface area contributed by atoms with Crippen molar-refractivity contribution < 1.29 is 19.7 Å².